The van der Waals surface area contributed by atoms with E-state index in [1.54, 1.807) is 0 Å². The van der Waals surface area contributed by atoms with Crippen molar-refractivity contribution in [2.45, 2.75) is 97.3 Å². The van der Waals surface area contributed by atoms with Crippen LogP contribution in [0.25, 0.3) is 0 Å². The van der Waals surface area contributed by atoms with Gasteiger partial charge in [0.2, 0.25) is 0 Å². The molecule has 0 fully saturated rings. The van der Waals surface area contributed by atoms with E-state index in [9.17, 15) is 9.90 Å². The van der Waals surface area contributed by atoms with Crippen LogP contribution >= 0.6 is 0 Å². The maximum absolute atomic E-state index is 11.5. The molecule has 0 bridgehead atoms. The second-order valence-corrected chi connectivity index (χ2v) is 6.47. The quantitative estimate of drug-likeness (QED) is 0.412. The summed E-state index contributed by atoms with van der Waals surface area (Å²) in [7, 11) is 0. The molecule has 0 saturated heterocycles. The molecule has 0 saturated carbocycles. The van der Waals surface area contributed by atoms with Crippen LogP contribution in [0.1, 0.15) is 97.3 Å². The molecule has 21 heavy (non-hydrogen) atoms. The van der Waals surface area contributed by atoms with Crippen molar-refractivity contribution in [3.63, 3.8) is 0 Å². The summed E-state index contributed by atoms with van der Waals surface area (Å²) in [6.45, 7) is 4.55. The molecule has 3 nitrogen and oxygen atoms in total. The summed E-state index contributed by atoms with van der Waals surface area (Å²) in [6, 6.07) is 0. The van der Waals surface area contributed by atoms with Gasteiger partial charge in [0.15, 0.2) is 0 Å². The Morgan fingerprint density at radius 2 is 1.29 bits per heavy atom. The van der Waals surface area contributed by atoms with E-state index in [1.165, 1.54) is 51.4 Å². The molecule has 0 aromatic rings. The summed E-state index contributed by atoms with van der Waals surface area (Å²) in [6.07, 6.45) is 15.1. The lowest BCUT2D eigenvalue weighted by Crippen LogP contribution is -2.38. The molecule has 0 radical (unpaired) electrons. The Hall–Kier alpha value is -0.570. The molecule has 126 valence electrons. The van der Waals surface area contributed by atoms with Gasteiger partial charge >= 0.3 is 5.97 Å². The highest BCUT2D eigenvalue weighted by atomic mass is 16.4. The number of rotatable bonds is 15. The van der Waals surface area contributed by atoms with Crippen molar-refractivity contribution in [3.05, 3.63) is 0 Å². The van der Waals surface area contributed by atoms with Crippen LogP contribution in [0, 0.1) is 5.41 Å². The number of carboxylic acid groups (broad SMARTS) is 1. The molecule has 0 aliphatic rings. The Morgan fingerprint density at radius 1 is 0.810 bits per heavy atom. The minimum atomic E-state index is -0.706. The molecule has 0 amide bonds. The second-order valence-electron chi connectivity index (χ2n) is 6.47. The maximum atomic E-state index is 11.5. The van der Waals surface area contributed by atoms with Gasteiger partial charge in [0.05, 0.1) is 5.41 Å². The molecule has 1 atom stereocenters. The Bertz CT molecular complexity index is 256. The fourth-order valence-corrected chi connectivity index (χ4v) is 3.06. The fourth-order valence-electron chi connectivity index (χ4n) is 3.06. The van der Waals surface area contributed by atoms with E-state index in [2.05, 4.69) is 6.92 Å². The number of carboxylic acids is 1. The number of hydrogen-bond acceptors (Lipinski definition) is 2. The molecule has 0 rings (SSSR count). The van der Waals surface area contributed by atoms with Crippen molar-refractivity contribution in [1.82, 2.24) is 0 Å². The third-order valence-electron chi connectivity index (χ3n) is 4.58. The van der Waals surface area contributed by atoms with Gasteiger partial charge in [-0.05, 0) is 12.8 Å². The van der Waals surface area contributed by atoms with E-state index in [0.29, 0.717) is 6.42 Å². The predicted octanol–water partition coefficient (Wildman–Crippen LogP) is 5.13. The van der Waals surface area contributed by atoms with E-state index in [4.69, 9.17) is 5.73 Å². The van der Waals surface area contributed by atoms with Crippen LogP contribution in [0.3, 0.4) is 0 Å². The largest absolute Gasteiger partial charge is 0.481 e. The molecule has 0 spiro atoms. The zero-order chi connectivity index (χ0) is 16.0. The summed E-state index contributed by atoms with van der Waals surface area (Å²) in [4.78, 5) is 11.5. The van der Waals surface area contributed by atoms with Gasteiger partial charge in [-0.3, -0.25) is 4.79 Å². The van der Waals surface area contributed by atoms with Crippen molar-refractivity contribution >= 4 is 5.97 Å². The summed E-state index contributed by atoms with van der Waals surface area (Å²) >= 11 is 0. The molecule has 3 N–H and O–H groups in total. The minimum Gasteiger partial charge on any atom is -0.481 e. The average molecular weight is 299 g/mol. The summed E-state index contributed by atoms with van der Waals surface area (Å²) in [5.41, 5.74) is 5.06. The summed E-state index contributed by atoms with van der Waals surface area (Å²) in [5, 5.41) is 9.42. The standard InChI is InChI=1S/C18H37NO2/c1-3-5-6-7-8-9-10-11-12-13-15-18(16-19,14-4-2)17(20)21/h3-16,19H2,1-2H3,(H,20,21). The van der Waals surface area contributed by atoms with Crippen molar-refractivity contribution in [3.8, 4) is 0 Å². The molecule has 0 heterocycles. The van der Waals surface area contributed by atoms with E-state index in [-0.39, 0.29) is 6.54 Å². The van der Waals surface area contributed by atoms with Crippen LogP contribution < -0.4 is 5.73 Å². The van der Waals surface area contributed by atoms with Gasteiger partial charge in [-0.15, -0.1) is 0 Å². The third-order valence-corrected chi connectivity index (χ3v) is 4.58. The molecular formula is C18H37NO2. The Morgan fingerprint density at radius 3 is 1.67 bits per heavy atom. The molecule has 0 aliphatic heterocycles. The van der Waals surface area contributed by atoms with Crippen LogP contribution in [0.5, 0.6) is 0 Å². The summed E-state index contributed by atoms with van der Waals surface area (Å²) < 4.78 is 0. The topological polar surface area (TPSA) is 63.3 Å². The highest BCUT2D eigenvalue weighted by Gasteiger charge is 2.35. The second kappa shape index (κ2) is 13.1. The lowest BCUT2D eigenvalue weighted by Gasteiger charge is -2.27. The van der Waals surface area contributed by atoms with Gasteiger partial charge < -0.3 is 10.8 Å². The van der Waals surface area contributed by atoms with Gasteiger partial charge in [0, 0.05) is 6.54 Å². The van der Waals surface area contributed by atoms with Gasteiger partial charge in [0.1, 0.15) is 0 Å². The normalized spacial score (nSPS) is 14.0. The molecule has 3 heteroatoms. The summed E-state index contributed by atoms with van der Waals surface area (Å²) in [5.74, 6) is -0.706. The molecule has 1 unspecified atom stereocenters. The van der Waals surface area contributed by atoms with Crippen LogP contribution in [0.2, 0.25) is 0 Å². The lowest BCUT2D eigenvalue weighted by molar-refractivity contribution is -0.149. The zero-order valence-electron chi connectivity index (χ0n) is 14.3. The average Bonchev–Trinajstić information content (AvgIpc) is 2.47. The number of unbranched alkanes of at least 4 members (excludes halogenated alkanes) is 9. The predicted molar refractivity (Wildman–Crippen MR) is 90.5 cm³/mol. The number of hydrogen-bond donors (Lipinski definition) is 2. The van der Waals surface area contributed by atoms with Crippen LogP contribution in [-0.4, -0.2) is 17.6 Å². The smallest absolute Gasteiger partial charge is 0.310 e. The Labute approximate surface area is 131 Å². The highest BCUT2D eigenvalue weighted by Crippen LogP contribution is 2.30. The molecule has 0 aromatic heterocycles. The van der Waals surface area contributed by atoms with E-state index >= 15 is 0 Å². The molecule has 0 aliphatic carbocycles. The first-order valence-electron chi connectivity index (χ1n) is 9.06. The molecule has 0 aromatic carbocycles. The van der Waals surface area contributed by atoms with Gasteiger partial charge in [0.25, 0.3) is 0 Å². The lowest BCUT2D eigenvalue weighted by atomic mass is 9.78. The number of nitrogens with two attached hydrogens (primary N) is 1. The van der Waals surface area contributed by atoms with Gasteiger partial charge in [-0.2, -0.15) is 0 Å². The van der Waals surface area contributed by atoms with E-state index < -0.39 is 11.4 Å². The Balaban J connectivity index is 3.65. The first-order chi connectivity index (χ1) is 10.1. The van der Waals surface area contributed by atoms with Crippen LogP contribution in [-0.2, 0) is 4.79 Å². The highest BCUT2D eigenvalue weighted by molar-refractivity contribution is 5.74. The van der Waals surface area contributed by atoms with Crippen molar-refractivity contribution in [2.75, 3.05) is 6.54 Å². The third kappa shape index (κ3) is 9.13. The molecular weight excluding hydrogens is 262 g/mol. The number of carbonyl (C=O) groups is 1. The number of aliphatic carboxylic acids is 1. The van der Waals surface area contributed by atoms with E-state index in [0.717, 1.165) is 25.7 Å². The van der Waals surface area contributed by atoms with E-state index in [1.807, 2.05) is 6.92 Å². The van der Waals surface area contributed by atoms with Gasteiger partial charge in [-0.1, -0.05) is 84.5 Å². The van der Waals surface area contributed by atoms with Crippen LogP contribution in [0.15, 0.2) is 0 Å². The minimum absolute atomic E-state index is 0.271. The zero-order valence-corrected chi connectivity index (χ0v) is 14.3. The van der Waals surface area contributed by atoms with Crippen LogP contribution in [0.4, 0.5) is 0 Å². The first-order valence-corrected chi connectivity index (χ1v) is 9.06. The SMILES string of the molecule is CCCCCCCCCCCCC(CN)(CCC)C(=O)O. The Kier molecular flexibility index (Phi) is 12.8. The van der Waals surface area contributed by atoms with Crippen molar-refractivity contribution < 1.29 is 9.90 Å². The monoisotopic (exact) mass is 299 g/mol. The first kappa shape index (κ1) is 20.4. The van der Waals surface area contributed by atoms with Crippen molar-refractivity contribution in [2.24, 2.45) is 11.1 Å². The maximum Gasteiger partial charge on any atom is 0.310 e. The fraction of sp³-hybridized carbons (Fsp3) is 0.944. The van der Waals surface area contributed by atoms with Gasteiger partial charge in [-0.25, -0.2) is 0 Å². The van der Waals surface area contributed by atoms with Crippen molar-refractivity contribution in [1.29, 1.82) is 0 Å².